The van der Waals surface area contributed by atoms with Crippen LogP contribution in [0.5, 0.6) is 0 Å². The molecule has 0 aliphatic heterocycles. The van der Waals surface area contributed by atoms with Crippen molar-refractivity contribution < 1.29 is 26.4 Å². The van der Waals surface area contributed by atoms with Crippen molar-refractivity contribution in [2.75, 3.05) is 13.1 Å². The summed E-state index contributed by atoms with van der Waals surface area (Å²) in [6.45, 7) is 1.29. The zero-order valence-corrected chi connectivity index (χ0v) is 19.7. The average Bonchev–Trinajstić information content (AvgIpc) is 2.82. The summed E-state index contributed by atoms with van der Waals surface area (Å²) >= 11 is 0. The Balaban J connectivity index is 1.76. The first-order valence-corrected chi connectivity index (χ1v) is 12.1. The van der Waals surface area contributed by atoms with Crippen LogP contribution in [0.25, 0.3) is 0 Å². The van der Waals surface area contributed by atoms with Gasteiger partial charge in [-0.3, -0.25) is 4.79 Å². The maximum absolute atomic E-state index is 13.2. The van der Waals surface area contributed by atoms with Crippen LogP contribution in [0.3, 0.4) is 0 Å². The van der Waals surface area contributed by atoms with Gasteiger partial charge in [0.15, 0.2) is 0 Å². The van der Waals surface area contributed by atoms with Crippen molar-refractivity contribution in [1.29, 1.82) is 0 Å². The number of alkyl halides is 3. The van der Waals surface area contributed by atoms with Crippen LogP contribution in [0.15, 0.2) is 88.9 Å². The maximum atomic E-state index is 13.2. The molecule has 0 saturated heterocycles. The molecule has 1 amide bonds. The topological polar surface area (TPSA) is 78.8 Å². The van der Waals surface area contributed by atoms with Crippen LogP contribution in [-0.4, -0.2) is 37.9 Å². The molecule has 0 bridgehead atoms. The van der Waals surface area contributed by atoms with Crippen LogP contribution < -0.4 is 5.43 Å². The van der Waals surface area contributed by atoms with Gasteiger partial charge in [0.05, 0.1) is 23.2 Å². The largest absolute Gasteiger partial charge is 0.417 e. The first-order chi connectivity index (χ1) is 16.6. The number of sulfonamides is 1. The standard InChI is InChI=1S/C25H24F3N3O3S/c1-19-11-13-22(14-12-19)35(33,34)31(16-15-20-7-3-2-4-8-20)18-24(32)30-29-17-21-9-5-6-10-23(21)25(26,27)28/h2-14,17H,15-16,18H2,1H3,(H,30,32)/b29-17-. The lowest BCUT2D eigenvalue weighted by molar-refractivity contribution is -0.137. The molecule has 3 rings (SSSR count). The van der Waals surface area contributed by atoms with Crippen LogP contribution in [-0.2, 0) is 27.4 Å². The predicted octanol–water partition coefficient (Wildman–Crippen LogP) is 4.40. The Morgan fingerprint density at radius 2 is 1.60 bits per heavy atom. The molecule has 0 atom stereocenters. The summed E-state index contributed by atoms with van der Waals surface area (Å²) in [5.74, 6) is -0.783. The molecule has 10 heteroatoms. The minimum absolute atomic E-state index is 0.0221. The van der Waals surface area contributed by atoms with Crippen molar-refractivity contribution >= 4 is 22.1 Å². The van der Waals surface area contributed by atoms with Crippen molar-refractivity contribution in [3.63, 3.8) is 0 Å². The third-order valence-electron chi connectivity index (χ3n) is 5.13. The van der Waals surface area contributed by atoms with E-state index in [0.29, 0.717) is 6.42 Å². The SMILES string of the molecule is Cc1ccc(S(=O)(=O)N(CCc2ccccc2)CC(=O)N/N=C\c2ccccc2C(F)(F)F)cc1. The molecule has 0 aliphatic rings. The molecule has 1 N–H and O–H groups in total. The monoisotopic (exact) mass is 503 g/mol. The number of rotatable bonds is 9. The van der Waals surface area contributed by atoms with Gasteiger partial charge in [-0.2, -0.15) is 22.6 Å². The summed E-state index contributed by atoms with van der Waals surface area (Å²) in [5.41, 5.74) is 2.77. The van der Waals surface area contributed by atoms with Crippen molar-refractivity contribution in [2.45, 2.75) is 24.4 Å². The summed E-state index contributed by atoms with van der Waals surface area (Å²) in [4.78, 5) is 12.5. The number of aryl methyl sites for hydroxylation is 1. The number of nitrogens with one attached hydrogen (secondary N) is 1. The van der Waals surface area contributed by atoms with E-state index in [0.717, 1.165) is 27.7 Å². The zero-order chi connectivity index (χ0) is 25.5. The molecule has 0 heterocycles. The van der Waals surface area contributed by atoms with Crippen LogP contribution in [0.4, 0.5) is 13.2 Å². The first-order valence-electron chi connectivity index (χ1n) is 10.7. The molecule has 0 fully saturated rings. The Bertz CT molecular complexity index is 1280. The quantitative estimate of drug-likeness (QED) is 0.347. The van der Waals surface area contributed by atoms with Crippen LogP contribution >= 0.6 is 0 Å². The van der Waals surface area contributed by atoms with Crippen molar-refractivity contribution in [1.82, 2.24) is 9.73 Å². The van der Waals surface area contributed by atoms with Gasteiger partial charge in [-0.15, -0.1) is 0 Å². The second-order valence-electron chi connectivity index (χ2n) is 7.77. The van der Waals surface area contributed by atoms with Crippen molar-refractivity contribution in [3.05, 3.63) is 101 Å². The highest BCUT2D eigenvalue weighted by Crippen LogP contribution is 2.31. The van der Waals surface area contributed by atoms with Gasteiger partial charge in [-0.25, -0.2) is 13.8 Å². The van der Waals surface area contributed by atoms with E-state index in [2.05, 4.69) is 10.5 Å². The molecule has 0 aromatic heterocycles. The first kappa shape index (κ1) is 26.1. The Labute approximate surface area is 202 Å². The number of amides is 1. The van der Waals surface area contributed by atoms with Gasteiger partial charge in [-0.05, 0) is 37.1 Å². The molecule has 3 aromatic carbocycles. The lowest BCUT2D eigenvalue weighted by atomic mass is 10.1. The van der Waals surface area contributed by atoms with Crippen LogP contribution in [0.1, 0.15) is 22.3 Å². The molecule has 35 heavy (non-hydrogen) atoms. The van der Waals surface area contributed by atoms with E-state index in [1.54, 1.807) is 12.1 Å². The highest BCUT2D eigenvalue weighted by atomic mass is 32.2. The predicted molar refractivity (Wildman–Crippen MR) is 127 cm³/mol. The summed E-state index contributed by atoms with van der Waals surface area (Å²) in [6, 6.07) is 20.2. The van der Waals surface area contributed by atoms with Crippen LogP contribution in [0, 0.1) is 6.92 Å². The second kappa shape index (κ2) is 11.3. The number of hydrogen-bond donors (Lipinski definition) is 1. The van der Waals surface area contributed by atoms with Gasteiger partial charge >= 0.3 is 6.18 Å². The van der Waals surface area contributed by atoms with Gasteiger partial charge in [-0.1, -0.05) is 66.2 Å². The molecule has 0 radical (unpaired) electrons. The molecule has 6 nitrogen and oxygen atoms in total. The third kappa shape index (κ3) is 7.24. The fraction of sp³-hybridized carbons (Fsp3) is 0.200. The van der Waals surface area contributed by atoms with Crippen molar-refractivity contribution in [2.24, 2.45) is 5.10 Å². The Morgan fingerprint density at radius 1 is 0.971 bits per heavy atom. The van der Waals surface area contributed by atoms with E-state index in [1.165, 1.54) is 30.3 Å². The van der Waals surface area contributed by atoms with Gasteiger partial charge in [0.25, 0.3) is 5.91 Å². The molecule has 0 spiro atoms. The van der Waals surface area contributed by atoms with E-state index in [4.69, 9.17) is 0 Å². The van der Waals surface area contributed by atoms with Gasteiger partial charge in [0.2, 0.25) is 10.0 Å². The number of carbonyl (C=O) groups is 1. The Hall–Kier alpha value is -3.50. The summed E-state index contributed by atoms with van der Waals surface area (Å²) < 4.78 is 66.9. The average molecular weight is 504 g/mol. The number of benzene rings is 3. The molecule has 0 unspecified atom stereocenters. The highest BCUT2D eigenvalue weighted by molar-refractivity contribution is 7.89. The Kier molecular flexibility index (Phi) is 8.42. The van der Waals surface area contributed by atoms with Gasteiger partial charge < -0.3 is 0 Å². The zero-order valence-electron chi connectivity index (χ0n) is 18.9. The summed E-state index contributed by atoms with van der Waals surface area (Å²) in [7, 11) is -4.01. The highest BCUT2D eigenvalue weighted by Gasteiger charge is 2.32. The summed E-state index contributed by atoms with van der Waals surface area (Å²) in [5, 5.41) is 3.61. The minimum Gasteiger partial charge on any atom is -0.272 e. The maximum Gasteiger partial charge on any atom is 0.417 e. The number of nitrogens with zero attached hydrogens (tertiary/aromatic N) is 2. The van der Waals surface area contributed by atoms with E-state index < -0.39 is 34.2 Å². The van der Waals surface area contributed by atoms with E-state index in [9.17, 15) is 26.4 Å². The molecule has 3 aromatic rings. The van der Waals surface area contributed by atoms with E-state index >= 15 is 0 Å². The summed E-state index contributed by atoms with van der Waals surface area (Å²) in [6.07, 6.45) is -3.34. The van der Waals surface area contributed by atoms with E-state index in [1.807, 2.05) is 37.3 Å². The molecule has 0 saturated carbocycles. The molecule has 0 aliphatic carbocycles. The van der Waals surface area contributed by atoms with E-state index in [-0.39, 0.29) is 17.0 Å². The fourth-order valence-corrected chi connectivity index (χ4v) is 4.68. The normalized spacial score (nSPS) is 12.3. The number of hydrazone groups is 1. The number of halogens is 3. The van der Waals surface area contributed by atoms with Crippen molar-refractivity contribution in [3.8, 4) is 0 Å². The molecular weight excluding hydrogens is 479 g/mol. The fourth-order valence-electron chi connectivity index (χ4n) is 3.28. The van der Waals surface area contributed by atoms with Gasteiger partial charge in [0.1, 0.15) is 0 Å². The molecular formula is C25H24F3N3O3S. The lowest BCUT2D eigenvalue weighted by Gasteiger charge is -2.21. The minimum atomic E-state index is -4.58. The number of hydrogen-bond acceptors (Lipinski definition) is 4. The second-order valence-corrected chi connectivity index (χ2v) is 9.70. The Morgan fingerprint density at radius 3 is 2.26 bits per heavy atom. The van der Waals surface area contributed by atoms with Gasteiger partial charge in [0, 0.05) is 12.1 Å². The molecule has 184 valence electrons. The number of carbonyl (C=O) groups excluding carboxylic acids is 1. The lowest BCUT2D eigenvalue weighted by Crippen LogP contribution is -2.40. The smallest absolute Gasteiger partial charge is 0.272 e. The van der Waals surface area contributed by atoms with Crippen LogP contribution in [0.2, 0.25) is 0 Å². The third-order valence-corrected chi connectivity index (χ3v) is 6.99.